The molecule has 0 amide bonds. The summed E-state index contributed by atoms with van der Waals surface area (Å²) in [4.78, 5) is 15.0. The van der Waals surface area contributed by atoms with Crippen LogP contribution in [0.4, 0.5) is 0 Å². The zero-order valence-electron chi connectivity index (χ0n) is 7.10. The Morgan fingerprint density at radius 2 is 2.25 bits per heavy atom. The molecule has 0 spiro atoms. The van der Waals surface area contributed by atoms with Crippen molar-refractivity contribution >= 4 is 17.4 Å². The number of hydrogen-bond donors (Lipinski definition) is 0. The maximum absolute atomic E-state index is 11.0. The van der Waals surface area contributed by atoms with Crippen LogP contribution in [0.3, 0.4) is 0 Å². The number of halogens is 1. The van der Waals surface area contributed by atoms with Crippen molar-refractivity contribution in [2.45, 2.75) is 19.7 Å². The minimum Gasteiger partial charge on any atom is -0.293 e. The summed E-state index contributed by atoms with van der Waals surface area (Å²) in [6.45, 7) is 3.42. The molecule has 1 heterocycles. The van der Waals surface area contributed by atoms with Gasteiger partial charge in [0.2, 0.25) is 0 Å². The predicted octanol–water partition coefficient (Wildman–Crippen LogP) is 2.33. The molecule has 0 aromatic carbocycles. The van der Waals surface area contributed by atoms with Gasteiger partial charge in [-0.2, -0.15) is 0 Å². The fraction of sp³-hybridized carbons (Fsp3) is 0.333. The highest BCUT2D eigenvalue weighted by Gasteiger charge is 2.03. The van der Waals surface area contributed by atoms with Crippen LogP contribution >= 0.6 is 11.6 Å². The molecule has 0 radical (unpaired) electrons. The number of rotatable bonds is 2. The van der Waals surface area contributed by atoms with Gasteiger partial charge in [-0.3, -0.25) is 4.79 Å². The molecule has 1 rings (SSSR count). The average Bonchev–Trinajstić information content (AvgIpc) is 2.03. The molecule has 0 atom stereocenters. The molecule has 0 saturated carbocycles. The number of alkyl halides is 1. The van der Waals surface area contributed by atoms with Gasteiger partial charge in [0, 0.05) is 6.92 Å². The van der Waals surface area contributed by atoms with Gasteiger partial charge in [-0.1, -0.05) is 0 Å². The fourth-order valence-electron chi connectivity index (χ4n) is 0.988. The van der Waals surface area contributed by atoms with Gasteiger partial charge < -0.3 is 0 Å². The number of hydrogen-bond acceptors (Lipinski definition) is 2. The molecule has 64 valence electrons. The second kappa shape index (κ2) is 3.68. The molecular weight excluding hydrogens is 174 g/mol. The lowest BCUT2D eigenvalue weighted by Gasteiger charge is -2.00. The van der Waals surface area contributed by atoms with Crippen LogP contribution in [0.25, 0.3) is 0 Å². The van der Waals surface area contributed by atoms with Crippen LogP contribution in [-0.2, 0) is 5.88 Å². The van der Waals surface area contributed by atoms with Crippen molar-refractivity contribution in [3.05, 3.63) is 29.1 Å². The van der Waals surface area contributed by atoms with Gasteiger partial charge in [0.15, 0.2) is 5.78 Å². The molecule has 12 heavy (non-hydrogen) atoms. The average molecular weight is 184 g/mol. The summed E-state index contributed by atoms with van der Waals surface area (Å²) in [5.74, 6) is 0.326. The Morgan fingerprint density at radius 1 is 1.58 bits per heavy atom. The molecule has 3 heteroatoms. The molecule has 1 aromatic heterocycles. The van der Waals surface area contributed by atoms with E-state index in [4.69, 9.17) is 11.6 Å². The molecule has 0 aliphatic carbocycles. The van der Waals surface area contributed by atoms with Crippen LogP contribution in [-0.4, -0.2) is 10.8 Å². The number of aryl methyl sites for hydroxylation is 1. The quantitative estimate of drug-likeness (QED) is 0.521. The Hall–Kier alpha value is -0.890. The summed E-state index contributed by atoms with van der Waals surface area (Å²) in [6.07, 6.45) is 0. The molecule has 0 fully saturated rings. The Bertz CT molecular complexity index is 309. The lowest BCUT2D eigenvalue weighted by Crippen LogP contribution is -2.00. The largest absolute Gasteiger partial charge is 0.293 e. The third-order valence-corrected chi connectivity index (χ3v) is 1.79. The molecular formula is C9H10ClNO. The molecule has 0 aliphatic heterocycles. The Balaban J connectivity index is 3.15. The van der Waals surface area contributed by atoms with Gasteiger partial charge in [0.05, 0.1) is 11.6 Å². The number of aromatic nitrogens is 1. The van der Waals surface area contributed by atoms with Gasteiger partial charge >= 0.3 is 0 Å². The first-order valence-electron chi connectivity index (χ1n) is 3.68. The first-order chi connectivity index (χ1) is 5.63. The van der Waals surface area contributed by atoms with Crippen molar-refractivity contribution < 1.29 is 4.79 Å². The normalized spacial score (nSPS) is 9.92. The van der Waals surface area contributed by atoms with E-state index in [1.165, 1.54) is 6.92 Å². The molecule has 0 saturated heterocycles. The molecule has 0 aliphatic rings. The number of carbonyl (C=O) groups excluding carboxylic acids is 1. The van der Waals surface area contributed by atoms with Crippen molar-refractivity contribution in [2.24, 2.45) is 0 Å². The first kappa shape index (κ1) is 9.20. The lowest BCUT2D eigenvalue weighted by molar-refractivity contribution is 0.101. The van der Waals surface area contributed by atoms with Crippen LogP contribution in [0.1, 0.15) is 28.7 Å². The van der Waals surface area contributed by atoms with Crippen molar-refractivity contribution in [3.8, 4) is 0 Å². The second-order valence-electron chi connectivity index (χ2n) is 2.71. The number of nitrogens with zero attached hydrogens (tertiary/aromatic N) is 1. The van der Waals surface area contributed by atoms with E-state index in [0.29, 0.717) is 11.6 Å². The Morgan fingerprint density at radius 3 is 2.75 bits per heavy atom. The minimum atomic E-state index is -0.0231. The van der Waals surface area contributed by atoms with Crippen molar-refractivity contribution in [1.82, 2.24) is 4.98 Å². The summed E-state index contributed by atoms with van der Waals surface area (Å²) in [6, 6.07) is 3.64. The van der Waals surface area contributed by atoms with Crippen molar-refractivity contribution in [3.63, 3.8) is 0 Å². The van der Waals surface area contributed by atoms with Crippen molar-refractivity contribution in [1.29, 1.82) is 0 Å². The van der Waals surface area contributed by atoms with E-state index in [1.54, 1.807) is 6.07 Å². The predicted molar refractivity (Wildman–Crippen MR) is 48.5 cm³/mol. The van der Waals surface area contributed by atoms with E-state index >= 15 is 0 Å². The van der Waals surface area contributed by atoms with E-state index < -0.39 is 0 Å². The van der Waals surface area contributed by atoms with Gasteiger partial charge in [-0.05, 0) is 24.6 Å². The second-order valence-corrected chi connectivity index (χ2v) is 2.98. The standard InChI is InChI=1S/C9H10ClNO/c1-6-3-8(5-10)11-9(4-6)7(2)12/h3-4H,5H2,1-2H3. The third kappa shape index (κ3) is 2.05. The zero-order valence-corrected chi connectivity index (χ0v) is 7.85. The molecule has 0 N–H and O–H groups in total. The molecule has 1 aromatic rings. The van der Waals surface area contributed by atoms with E-state index in [2.05, 4.69) is 4.98 Å². The van der Waals surface area contributed by atoms with Crippen molar-refractivity contribution in [2.75, 3.05) is 0 Å². The number of ketones is 1. The molecule has 2 nitrogen and oxygen atoms in total. The van der Waals surface area contributed by atoms with Crippen LogP contribution in [0.5, 0.6) is 0 Å². The van der Waals surface area contributed by atoms with Gasteiger partial charge in [0.1, 0.15) is 5.69 Å². The highest BCUT2D eigenvalue weighted by Crippen LogP contribution is 2.07. The van der Waals surface area contributed by atoms with E-state index in [-0.39, 0.29) is 5.78 Å². The fourth-order valence-corrected chi connectivity index (χ4v) is 1.13. The first-order valence-corrected chi connectivity index (χ1v) is 4.21. The van der Waals surface area contributed by atoms with Crippen LogP contribution in [0.2, 0.25) is 0 Å². The Kier molecular flexibility index (Phi) is 2.82. The monoisotopic (exact) mass is 183 g/mol. The maximum Gasteiger partial charge on any atom is 0.178 e. The summed E-state index contributed by atoms with van der Waals surface area (Å²) in [5.41, 5.74) is 2.26. The van der Waals surface area contributed by atoms with Gasteiger partial charge in [-0.25, -0.2) is 4.98 Å². The summed E-state index contributed by atoms with van der Waals surface area (Å²) < 4.78 is 0. The molecule has 0 unspecified atom stereocenters. The summed E-state index contributed by atoms with van der Waals surface area (Å²) in [7, 11) is 0. The van der Waals surface area contributed by atoms with E-state index in [1.807, 2.05) is 13.0 Å². The summed E-state index contributed by atoms with van der Waals surface area (Å²) >= 11 is 5.60. The maximum atomic E-state index is 11.0. The van der Waals surface area contributed by atoms with Crippen LogP contribution in [0, 0.1) is 6.92 Å². The smallest absolute Gasteiger partial charge is 0.178 e. The number of pyridine rings is 1. The van der Waals surface area contributed by atoms with E-state index in [0.717, 1.165) is 11.3 Å². The zero-order chi connectivity index (χ0) is 9.14. The number of Topliss-reactive ketones (excluding diaryl/α,β-unsaturated/α-hetero) is 1. The van der Waals surface area contributed by atoms with Crippen LogP contribution in [0.15, 0.2) is 12.1 Å². The van der Waals surface area contributed by atoms with E-state index in [9.17, 15) is 4.79 Å². The van der Waals surface area contributed by atoms with Gasteiger partial charge in [-0.15, -0.1) is 11.6 Å². The highest BCUT2D eigenvalue weighted by molar-refractivity contribution is 6.16. The Labute approximate surface area is 76.6 Å². The SMILES string of the molecule is CC(=O)c1cc(C)cc(CCl)n1. The third-order valence-electron chi connectivity index (χ3n) is 1.52. The highest BCUT2D eigenvalue weighted by atomic mass is 35.5. The summed E-state index contributed by atoms with van der Waals surface area (Å²) in [5, 5.41) is 0. The van der Waals surface area contributed by atoms with Crippen LogP contribution < -0.4 is 0 Å². The minimum absolute atomic E-state index is 0.0231. The lowest BCUT2D eigenvalue weighted by atomic mass is 10.2. The molecule has 0 bridgehead atoms. The topological polar surface area (TPSA) is 30.0 Å². The van der Waals surface area contributed by atoms with Gasteiger partial charge in [0.25, 0.3) is 0 Å². The number of carbonyl (C=O) groups is 1.